The first-order valence-electron chi connectivity index (χ1n) is 8.62. The summed E-state index contributed by atoms with van der Waals surface area (Å²) in [7, 11) is 1.59. The lowest BCUT2D eigenvalue weighted by Crippen LogP contribution is -2.39. The largest absolute Gasteiger partial charge is 0.383 e. The van der Waals surface area contributed by atoms with Crippen molar-refractivity contribution in [1.82, 2.24) is 10.2 Å². The van der Waals surface area contributed by atoms with E-state index in [9.17, 15) is 9.59 Å². The Morgan fingerprint density at radius 3 is 2.96 bits per heavy atom. The van der Waals surface area contributed by atoms with E-state index in [4.69, 9.17) is 4.74 Å². The van der Waals surface area contributed by atoms with Crippen molar-refractivity contribution in [2.75, 3.05) is 38.7 Å². The zero-order valence-electron chi connectivity index (χ0n) is 14.8. The number of hydrogen-bond acceptors (Lipinski definition) is 5. The van der Waals surface area contributed by atoms with Gasteiger partial charge in [-0.2, -0.15) is 0 Å². The van der Waals surface area contributed by atoms with Crippen LogP contribution in [0.3, 0.4) is 0 Å². The summed E-state index contributed by atoms with van der Waals surface area (Å²) in [6, 6.07) is 9.30. The average molecular weight is 373 g/mol. The molecule has 1 aromatic carbocycles. The molecule has 1 aliphatic rings. The first-order valence-corrected chi connectivity index (χ1v) is 9.50. The number of amides is 2. The van der Waals surface area contributed by atoms with Crippen LogP contribution in [-0.4, -0.2) is 50.1 Å². The average Bonchev–Trinajstić information content (AvgIpc) is 3.14. The lowest BCUT2D eigenvalue weighted by atomic mass is 10.1. The van der Waals surface area contributed by atoms with E-state index < -0.39 is 0 Å². The number of nitrogens with zero attached hydrogens (tertiary/aromatic N) is 1. The summed E-state index contributed by atoms with van der Waals surface area (Å²) in [6.45, 7) is 2.48. The van der Waals surface area contributed by atoms with Crippen molar-refractivity contribution in [2.24, 2.45) is 0 Å². The lowest BCUT2D eigenvalue weighted by Gasteiger charge is -2.27. The number of carbonyl (C=O) groups is 2. The third kappa shape index (κ3) is 4.42. The lowest BCUT2D eigenvalue weighted by molar-refractivity contribution is -0.130. The van der Waals surface area contributed by atoms with E-state index >= 15 is 0 Å². The summed E-state index contributed by atoms with van der Waals surface area (Å²) in [6.07, 6.45) is 0.914. The molecule has 2 amide bonds. The van der Waals surface area contributed by atoms with Crippen LogP contribution in [0.1, 0.15) is 20.8 Å². The van der Waals surface area contributed by atoms with Crippen molar-refractivity contribution in [3.63, 3.8) is 0 Å². The predicted molar refractivity (Wildman–Crippen MR) is 103 cm³/mol. The molecule has 3 rings (SSSR count). The van der Waals surface area contributed by atoms with Crippen LogP contribution in [0.4, 0.5) is 5.69 Å². The number of methoxy groups -OCH3 is 1. The fourth-order valence-corrected chi connectivity index (χ4v) is 3.83. The van der Waals surface area contributed by atoms with Gasteiger partial charge in [0.2, 0.25) is 5.91 Å². The quantitative estimate of drug-likeness (QED) is 0.730. The maximum absolute atomic E-state index is 12.5. The fraction of sp³-hybridized carbons (Fsp3) is 0.368. The molecule has 0 saturated heterocycles. The molecular weight excluding hydrogens is 350 g/mol. The van der Waals surface area contributed by atoms with Crippen molar-refractivity contribution in [2.45, 2.75) is 13.0 Å². The van der Waals surface area contributed by atoms with Gasteiger partial charge in [-0.05, 0) is 35.6 Å². The molecule has 0 radical (unpaired) electrons. The molecule has 7 heteroatoms. The van der Waals surface area contributed by atoms with Crippen LogP contribution in [-0.2, 0) is 22.5 Å². The summed E-state index contributed by atoms with van der Waals surface area (Å²) in [4.78, 5) is 28.1. The summed E-state index contributed by atoms with van der Waals surface area (Å²) >= 11 is 1.76. The van der Waals surface area contributed by atoms with Crippen LogP contribution in [0.5, 0.6) is 0 Å². The van der Waals surface area contributed by atoms with Gasteiger partial charge in [-0.1, -0.05) is 12.1 Å². The number of fused-ring (bicyclic) bond motifs is 1. The molecule has 0 saturated carbocycles. The summed E-state index contributed by atoms with van der Waals surface area (Å²) in [5.74, 6) is -0.144. The zero-order chi connectivity index (χ0) is 18.4. The molecule has 0 bridgehead atoms. The predicted octanol–water partition coefficient (Wildman–Crippen LogP) is 2.12. The summed E-state index contributed by atoms with van der Waals surface area (Å²) in [5.41, 5.74) is 2.42. The highest BCUT2D eigenvalue weighted by atomic mass is 32.1. The zero-order valence-corrected chi connectivity index (χ0v) is 15.6. The van der Waals surface area contributed by atoms with Crippen LogP contribution in [0, 0.1) is 0 Å². The summed E-state index contributed by atoms with van der Waals surface area (Å²) < 4.78 is 4.94. The molecule has 2 N–H and O–H groups in total. The molecule has 2 aromatic rings. The van der Waals surface area contributed by atoms with E-state index in [2.05, 4.69) is 22.1 Å². The van der Waals surface area contributed by atoms with Gasteiger partial charge in [-0.25, -0.2) is 0 Å². The van der Waals surface area contributed by atoms with Crippen molar-refractivity contribution >= 4 is 28.8 Å². The minimum absolute atomic E-state index is 0.0384. The maximum Gasteiger partial charge on any atom is 0.253 e. The number of nitrogens with one attached hydrogen (secondary N) is 2. The molecule has 1 aromatic heterocycles. The van der Waals surface area contributed by atoms with Gasteiger partial charge in [0.1, 0.15) is 0 Å². The second kappa shape index (κ2) is 8.82. The number of carbonyl (C=O) groups excluding carboxylic acids is 2. The first-order chi connectivity index (χ1) is 12.7. The van der Waals surface area contributed by atoms with Crippen molar-refractivity contribution in [3.05, 3.63) is 51.7 Å². The Balaban J connectivity index is 1.58. The van der Waals surface area contributed by atoms with Crippen LogP contribution in [0.25, 0.3) is 0 Å². The molecule has 138 valence electrons. The van der Waals surface area contributed by atoms with Crippen molar-refractivity contribution in [1.29, 1.82) is 0 Å². The number of hydrogen-bond donors (Lipinski definition) is 2. The Morgan fingerprint density at radius 1 is 1.27 bits per heavy atom. The van der Waals surface area contributed by atoms with Gasteiger partial charge in [0.05, 0.1) is 18.7 Å². The van der Waals surface area contributed by atoms with Crippen molar-refractivity contribution in [3.8, 4) is 0 Å². The number of para-hydroxylation sites is 1. The normalized spacial score (nSPS) is 13.2. The minimum atomic E-state index is -0.182. The van der Waals surface area contributed by atoms with E-state index in [1.54, 1.807) is 30.6 Å². The van der Waals surface area contributed by atoms with Crippen LogP contribution in [0.2, 0.25) is 0 Å². The highest BCUT2D eigenvalue weighted by molar-refractivity contribution is 7.10. The second-order valence-corrected chi connectivity index (χ2v) is 7.08. The van der Waals surface area contributed by atoms with Gasteiger partial charge in [0.25, 0.3) is 5.91 Å². The first kappa shape index (κ1) is 18.4. The van der Waals surface area contributed by atoms with E-state index in [0.717, 1.165) is 13.0 Å². The van der Waals surface area contributed by atoms with Gasteiger partial charge >= 0.3 is 0 Å². The number of anilines is 1. The highest BCUT2D eigenvalue weighted by Crippen LogP contribution is 2.24. The Morgan fingerprint density at radius 2 is 2.12 bits per heavy atom. The van der Waals surface area contributed by atoms with Gasteiger partial charge in [-0.15, -0.1) is 11.3 Å². The molecule has 0 atom stereocenters. The molecule has 6 nitrogen and oxygen atoms in total. The molecule has 0 spiro atoms. The topological polar surface area (TPSA) is 70.7 Å². The molecule has 26 heavy (non-hydrogen) atoms. The Kier molecular flexibility index (Phi) is 6.25. The van der Waals surface area contributed by atoms with Gasteiger partial charge in [-0.3, -0.25) is 9.59 Å². The Labute approximate surface area is 157 Å². The SMILES string of the molecule is COCCNC(=O)c1ccccc1NCC(=O)N1CCc2sccc2C1. The van der Waals surface area contributed by atoms with Gasteiger partial charge in [0, 0.05) is 37.3 Å². The minimum Gasteiger partial charge on any atom is -0.383 e. The smallest absolute Gasteiger partial charge is 0.253 e. The van der Waals surface area contributed by atoms with Crippen LogP contribution in [0.15, 0.2) is 35.7 Å². The van der Waals surface area contributed by atoms with E-state index in [-0.39, 0.29) is 18.4 Å². The molecule has 0 unspecified atom stereocenters. The van der Waals surface area contributed by atoms with Gasteiger partial charge < -0.3 is 20.3 Å². The van der Waals surface area contributed by atoms with E-state index in [1.807, 2.05) is 17.0 Å². The Hall–Kier alpha value is -2.38. The van der Waals surface area contributed by atoms with Crippen molar-refractivity contribution < 1.29 is 14.3 Å². The standard InChI is InChI=1S/C19H23N3O3S/c1-25-10-8-20-19(24)15-4-2-3-5-16(15)21-12-18(23)22-9-6-17-14(13-22)7-11-26-17/h2-5,7,11,21H,6,8-10,12-13H2,1H3,(H,20,24). The number of thiophene rings is 1. The van der Waals surface area contributed by atoms with E-state index in [0.29, 0.717) is 30.9 Å². The number of benzene rings is 1. The van der Waals surface area contributed by atoms with Crippen LogP contribution >= 0.6 is 11.3 Å². The molecular formula is C19H23N3O3S. The third-order valence-corrected chi connectivity index (χ3v) is 5.38. The highest BCUT2D eigenvalue weighted by Gasteiger charge is 2.21. The number of rotatable bonds is 7. The molecule has 0 fully saturated rings. The molecule has 0 aliphatic carbocycles. The molecule has 1 aliphatic heterocycles. The van der Waals surface area contributed by atoms with E-state index in [1.165, 1.54) is 10.4 Å². The number of ether oxygens (including phenoxy) is 1. The third-order valence-electron chi connectivity index (χ3n) is 4.35. The van der Waals surface area contributed by atoms with Gasteiger partial charge in [0.15, 0.2) is 0 Å². The second-order valence-electron chi connectivity index (χ2n) is 6.08. The monoisotopic (exact) mass is 373 g/mol. The fourth-order valence-electron chi connectivity index (χ4n) is 2.94. The van der Waals surface area contributed by atoms with Crippen LogP contribution < -0.4 is 10.6 Å². The maximum atomic E-state index is 12.5. The summed E-state index contributed by atoms with van der Waals surface area (Å²) in [5, 5.41) is 8.00. The molecule has 2 heterocycles. The Bertz CT molecular complexity index is 775.